The Morgan fingerprint density at radius 3 is 2.59 bits per heavy atom. The van der Waals surface area contributed by atoms with E-state index in [1.807, 2.05) is 43.3 Å². The molecule has 1 aromatic carbocycles. The van der Waals surface area contributed by atoms with Crippen LogP contribution >= 0.6 is 0 Å². The third-order valence-corrected chi connectivity index (χ3v) is 5.43. The van der Waals surface area contributed by atoms with Crippen LogP contribution in [0, 0.1) is 5.92 Å². The second-order valence-corrected chi connectivity index (χ2v) is 7.61. The van der Waals surface area contributed by atoms with Crippen LogP contribution in [0.1, 0.15) is 37.8 Å². The first-order valence-corrected chi connectivity index (χ1v) is 10.2. The third-order valence-electron chi connectivity index (χ3n) is 5.43. The molecule has 0 bridgehead atoms. The van der Waals surface area contributed by atoms with Crippen LogP contribution in [0.3, 0.4) is 0 Å². The van der Waals surface area contributed by atoms with Crippen LogP contribution in [-0.4, -0.2) is 55.0 Å². The number of carbonyl (C=O) groups is 2. The van der Waals surface area contributed by atoms with Crippen molar-refractivity contribution in [3.63, 3.8) is 0 Å². The molecule has 7 nitrogen and oxygen atoms in total. The van der Waals surface area contributed by atoms with Crippen molar-refractivity contribution < 1.29 is 24.2 Å². The van der Waals surface area contributed by atoms with Crippen molar-refractivity contribution in [3.05, 3.63) is 48.0 Å². The summed E-state index contributed by atoms with van der Waals surface area (Å²) in [6.07, 6.45) is 4.16. The zero-order valence-electron chi connectivity index (χ0n) is 16.8. The summed E-state index contributed by atoms with van der Waals surface area (Å²) in [5.41, 5.74) is 1.03. The lowest BCUT2D eigenvalue weighted by Gasteiger charge is -2.33. The molecular formula is C22H30N2O5. The first-order chi connectivity index (χ1) is 14.1. The van der Waals surface area contributed by atoms with Gasteiger partial charge in [0.25, 0.3) is 0 Å². The number of nitrogens with one attached hydrogen (secondary N) is 2. The van der Waals surface area contributed by atoms with E-state index in [-0.39, 0.29) is 36.8 Å². The maximum atomic E-state index is 12.4. The van der Waals surface area contributed by atoms with Crippen molar-refractivity contribution in [1.29, 1.82) is 0 Å². The smallest absolute Gasteiger partial charge is 0.223 e. The van der Waals surface area contributed by atoms with Crippen molar-refractivity contribution in [2.75, 3.05) is 19.8 Å². The van der Waals surface area contributed by atoms with E-state index in [4.69, 9.17) is 9.47 Å². The number of amides is 2. The SMILES string of the molecule is C[C@@H](NC(=O)C[C@@H]1C=C[C@@H](NC(=O)C2CCOCC2)[C@H](CO)O1)c1ccccc1. The lowest BCUT2D eigenvalue weighted by Crippen LogP contribution is -2.51. The normalized spacial score (nSPS) is 25.9. The molecule has 3 N–H and O–H groups in total. The van der Waals surface area contributed by atoms with Gasteiger partial charge in [-0.25, -0.2) is 0 Å². The molecule has 2 heterocycles. The minimum absolute atomic E-state index is 0.0436. The Morgan fingerprint density at radius 2 is 1.90 bits per heavy atom. The molecule has 0 saturated carbocycles. The van der Waals surface area contributed by atoms with Crippen LogP contribution in [0.2, 0.25) is 0 Å². The average molecular weight is 402 g/mol. The first kappa shape index (κ1) is 21.5. The predicted octanol–water partition coefficient (Wildman–Crippen LogP) is 1.48. The number of hydrogen-bond donors (Lipinski definition) is 3. The van der Waals surface area contributed by atoms with Gasteiger partial charge in [0.05, 0.1) is 31.2 Å². The van der Waals surface area contributed by atoms with Crippen LogP contribution in [0.15, 0.2) is 42.5 Å². The quantitative estimate of drug-likeness (QED) is 0.601. The fraction of sp³-hybridized carbons (Fsp3) is 0.545. The minimum Gasteiger partial charge on any atom is -0.394 e. The monoisotopic (exact) mass is 402 g/mol. The molecule has 0 spiro atoms. The van der Waals surface area contributed by atoms with Gasteiger partial charge in [-0.15, -0.1) is 0 Å². The highest BCUT2D eigenvalue weighted by Gasteiger charge is 2.31. The van der Waals surface area contributed by atoms with Gasteiger partial charge < -0.3 is 25.2 Å². The van der Waals surface area contributed by atoms with E-state index in [1.54, 1.807) is 6.08 Å². The van der Waals surface area contributed by atoms with E-state index in [1.165, 1.54) is 0 Å². The second-order valence-electron chi connectivity index (χ2n) is 7.61. The number of carbonyl (C=O) groups excluding carboxylic acids is 2. The fourth-order valence-electron chi connectivity index (χ4n) is 3.69. The summed E-state index contributed by atoms with van der Waals surface area (Å²) in [6, 6.07) is 9.24. The summed E-state index contributed by atoms with van der Waals surface area (Å²) in [4.78, 5) is 24.8. The maximum absolute atomic E-state index is 12.4. The van der Waals surface area contributed by atoms with E-state index < -0.39 is 18.2 Å². The van der Waals surface area contributed by atoms with Crippen molar-refractivity contribution in [3.8, 4) is 0 Å². The van der Waals surface area contributed by atoms with E-state index in [2.05, 4.69) is 10.6 Å². The minimum atomic E-state index is -0.576. The van der Waals surface area contributed by atoms with Gasteiger partial charge in [-0.2, -0.15) is 0 Å². The van der Waals surface area contributed by atoms with Crippen LogP contribution < -0.4 is 10.6 Å². The van der Waals surface area contributed by atoms with Crippen molar-refractivity contribution in [2.45, 2.75) is 50.5 Å². The zero-order valence-corrected chi connectivity index (χ0v) is 16.8. The van der Waals surface area contributed by atoms with E-state index in [0.29, 0.717) is 26.1 Å². The van der Waals surface area contributed by atoms with E-state index >= 15 is 0 Å². The van der Waals surface area contributed by atoms with Crippen molar-refractivity contribution in [2.24, 2.45) is 5.92 Å². The number of aliphatic hydroxyl groups is 1. The van der Waals surface area contributed by atoms with Gasteiger partial charge in [0.2, 0.25) is 11.8 Å². The molecule has 1 fully saturated rings. The average Bonchev–Trinajstić information content (AvgIpc) is 2.75. The highest BCUT2D eigenvalue weighted by atomic mass is 16.5. The Morgan fingerprint density at radius 1 is 1.17 bits per heavy atom. The Labute approximate surface area is 171 Å². The molecule has 29 heavy (non-hydrogen) atoms. The van der Waals surface area contributed by atoms with Gasteiger partial charge in [-0.1, -0.05) is 42.5 Å². The molecule has 4 atom stereocenters. The molecule has 1 saturated heterocycles. The fourth-order valence-corrected chi connectivity index (χ4v) is 3.69. The summed E-state index contributed by atoms with van der Waals surface area (Å²) in [5.74, 6) is -0.241. The molecule has 7 heteroatoms. The Hall–Kier alpha value is -2.22. The standard InChI is InChI=1S/C22H30N2O5/c1-15(16-5-3-2-4-6-16)23-21(26)13-18-7-8-19(20(14-25)29-18)24-22(27)17-9-11-28-12-10-17/h2-8,15,17-20,25H,9-14H2,1H3,(H,23,26)(H,24,27)/t15-,18+,19-,20+/m1/s1. The number of aliphatic hydroxyl groups excluding tert-OH is 1. The third kappa shape index (κ3) is 6.13. The molecule has 3 rings (SSSR count). The van der Waals surface area contributed by atoms with Gasteiger partial charge in [-0.05, 0) is 25.3 Å². The van der Waals surface area contributed by atoms with Gasteiger partial charge in [0.1, 0.15) is 6.10 Å². The first-order valence-electron chi connectivity index (χ1n) is 10.2. The van der Waals surface area contributed by atoms with Crippen LogP contribution in [0.4, 0.5) is 0 Å². The van der Waals surface area contributed by atoms with Crippen molar-refractivity contribution >= 4 is 11.8 Å². The molecule has 1 aromatic rings. The summed E-state index contributed by atoms with van der Waals surface area (Å²) in [6.45, 7) is 2.89. The lowest BCUT2D eigenvalue weighted by molar-refractivity contribution is -0.132. The number of hydrogen-bond acceptors (Lipinski definition) is 5. The van der Waals surface area contributed by atoms with E-state index in [9.17, 15) is 14.7 Å². The molecule has 0 radical (unpaired) electrons. The van der Waals surface area contributed by atoms with Crippen molar-refractivity contribution in [1.82, 2.24) is 10.6 Å². The topological polar surface area (TPSA) is 96.9 Å². The summed E-state index contributed by atoms with van der Waals surface area (Å²) < 4.78 is 11.1. The molecule has 2 aliphatic heterocycles. The van der Waals surface area contributed by atoms with Crippen LogP contribution in [0.5, 0.6) is 0 Å². The van der Waals surface area contributed by atoms with Crippen LogP contribution in [0.25, 0.3) is 0 Å². The Bertz CT molecular complexity index is 702. The second kappa shape index (κ2) is 10.5. The summed E-state index contributed by atoms with van der Waals surface area (Å²) in [7, 11) is 0. The highest BCUT2D eigenvalue weighted by molar-refractivity contribution is 5.79. The largest absolute Gasteiger partial charge is 0.394 e. The number of rotatable bonds is 7. The molecule has 2 aliphatic rings. The summed E-state index contributed by atoms with van der Waals surface area (Å²) >= 11 is 0. The highest BCUT2D eigenvalue weighted by Crippen LogP contribution is 2.19. The lowest BCUT2D eigenvalue weighted by atomic mass is 9.97. The number of ether oxygens (including phenoxy) is 2. The van der Waals surface area contributed by atoms with E-state index in [0.717, 1.165) is 5.56 Å². The molecular weight excluding hydrogens is 372 g/mol. The Balaban J connectivity index is 1.51. The Kier molecular flexibility index (Phi) is 7.80. The van der Waals surface area contributed by atoms with Gasteiger partial charge in [0.15, 0.2) is 0 Å². The maximum Gasteiger partial charge on any atom is 0.223 e. The number of benzene rings is 1. The van der Waals surface area contributed by atoms with Crippen LogP contribution in [-0.2, 0) is 19.1 Å². The molecule has 0 unspecified atom stereocenters. The molecule has 0 aromatic heterocycles. The molecule has 2 amide bonds. The zero-order chi connectivity index (χ0) is 20.6. The van der Waals surface area contributed by atoms with Gasteiger partial charge in [-0.3, -0.25) is 9.59 Å². The molecule has 0 aliphatic carbocycles. The van der Waals surface area contributed by atoms with Gasteiger partial charge >= 0.3 is 0 Å². The predicted molar refractivity (Wildman–Crippen MR) is 108 cm³/mol. The molecule has 158 valence electrons. The van der Waals surface area contributed by atoms with Gasteiger partial charge in [0, 0.05) is 19.1 Å². The summed E-state index contributed by atoms with van der Waals surface area (Å²) in [5, 5.41) is 15.6.